The molecule has 0 aromatic carbocycles. The van der Waals surface area contributed by atoms with E-state index < -0.39 is 35.9 Å². The van der Waals surface area contributed by atoms with Crippen molar-refractivity contribution >= 4 is 39.9 Å². The fourth-order valence-corrected chi connectivity index (χ4v) is 5.28. The Labute approximate surface area is 195 Å². The number of thiol groups is 1. The highest BCUT2D eigenvalue weighted by molar-refractivity contribution is 9.10. The molecular weight excluding hydrogens is 508 g/mol. The zero-order valence-corrected chi connectivity index (χ0v) is 19.3. The van der Waals surface area contributed by atoms with Crippen LogP contribution in [0.2, 0.25) is 0 Å². The Morgan fingerprint density at radius 1 is 1.48 bits per heavy atom. The highest BCUT2D eigenvalue weighted by Gasteiger charge is 2.60. The third-order valence-corrected chi connectivity index (χ3v) is 6.78. The van der Waals surface area contributed by atoms with Gasteiger partial charge in [-0.15, -0.1) is 29.1 Å². The highest BCUT2D eigenvalue weighted by Crippen LogP contribution is 2.45. The maximum absolute atomic E-state index is 11.5. The number of thiazole rings is 1. The van der Waals surface area contributed by atoms with E-state index in [1.54, 1.807) is 18.5 Å². The third kappa shape index (κ3) is 3.58. The van der Waals surface area contributed by atoms with Crippen LogP contribution in [0.25, 0.3) is 10.7 Å². The van der Waals surface area contributed by atoms with Gasteiger partial charge in [-0.2, -0.15) is 5.26 Å². The molecule has 4 rings (SSSR count). The quantitative estimate of drug-likeness (QED) is 0.420. The molecule has 0 bridgehead atoms. The first-order valence-corrected chi connectivity index (χ1v) is 11.2. The van der Waals surface area contributed by atoms with Gasteiger partial charge in [0.2, 0.25) is 0 Å². The summed E-state index contributed by atoms with van der Waals surface area (Å²) in [5, 5.41) is 42.1. The standard InChI is InChI=1S/C18H17BrN6O4S2/c1-28-15-17(30)29-13(8-26)14(27)18(15,10-4-9(19)6-22-11(10)5-20)25-7-12(23-24-25)16-21-2-3-31-16/h2-4,6-7,13-15,17,26-27,30H,8H2,1H3/t13-,14+,15+,17-,18+/m0/s1. The number of rotatable bonds is 5. The first-order chi connectivity index (χ1) is 15.0. The fourth-order valence-electron chi connectivity index (χ4n) is 3.86. The molecule has 2 N–H and O–H groups in total. The number of aliphatic hydroxyl groups is 2. The molecule has 162 valence electrons. The predicted molar refractivity (Wildman–Crippen MR) is 116 cm³/mol. The number of hydrogen-bond acceptors (Lipinski definition) is 11. The lowest BCUT2D eigenvalue weighted by Crippen LogP contribution is -2.68. The van der Waals surface area contributed by atoms with Gasteiger partial charge >= 0.3 is 0 Å². The van der Waals surface area contributed by atoms with E-state index in [2.05, 4.69) is 54.9 Å². The van der Waals surface area contributed by atoms with E-state index in [-0.39, 0.29) is 5.69 Å². The molecule has 1 aliphatic heterocycles. The van der Waals surface area contributed by atoms with E-state index >= 15 is 0 Å². The van der Waals surface area contributed by atoms with Crippen LogP contribution in [0.3, 0.4) is 0 Å². The van der Waals surface area contributed by atoms with Crippen molar-refractivity contribution in [2.75, 3.05) is 13.7 Å². The van der Waals surface area contributed by atoms with Gasteiger partial charge in [-0.05, 0) is 22.0 Å². The Bertz CT molecular complexity index is 1110. The molecule has 1 aliphatic rings. The molecule has 1 fully saturated rings. The molecule has 3 aromatic rings. The summed E-state index contributed by atoms with van der Waals surface area (Å²) in [5.41, 5.74) is -1.57. The van der Waals surface area contributed by atoms with Gasteiger partial charge in [0.25, 0.3) is 0 Å². The number of aliphatic hydroxyl groups excluding tert-OH is 2. The Kier molecular flexibility index (Phi) is 6.40. The van der Waals surface area contributed by atoms with Gasteiger partial charge in [-0.25, -0.2) is 14.6 Å². The molecular formula is C18H17BrN6O4S2. The number of pyridine rings is 1. The van der Waals surface area contributed by atoms with E-state index in [0.717, 1.165) is 0 Å². The van der Waals surface area contributed by atoms with Crippen molar-refractivity contribution < 1.29 is 19.7 Å². The third-order valence-electron chi connectivity index (χ3n) is 5.16. The number of hydrogen-bond donors (Lipinski definition) is 3. The lowest BCUT2D eigenvalue weighted by atomic mass is 9.75. The second-order valence-electron chi connectivity index (χ2n) is 6.72. The van der Waals surface area contributed by atoms with Gasteiger partial charge < -0.3 is 19.7 Å². The average molecular weight is 525 g/mol. The summed E-state index contributed by atoms with van der Waals surface area (Å²) in [7, 11) is 1.44. The molecule has 5 atom stereocenters. The molecule has 13 heteroatoms. The topological polar surface area (TPSA) is 139 Å². The first-order valence-electron chi connectivity index (χ1n) is 9.01. The summed E-state index contributed by atoms with van der Waals surface area (Å²) in [4.78, 5) is 8.45. The molecule has 0 spiro atoms. The molecule has 0 radical (unpaired) electrons. The molecule has 3 aromatic heterocycles. The van der Waals surface area contributed by atoms with Crippen molar-refractivity contribution in [2.24, 2.45) is 0 Å². The number of ether oxygens (including phenoxy) is 2. The van der Waals surface area contributed by atoms with Gasteiger partial charge in [-0.1, -0.05) is 5.21 Å². The number of nitrogens with zero attached hydrogens (tertiary/aromatic N) is 6. The minimum atomic E-state index is -1.54. The first kappa shape index (κ1) is 22.3. The van der Waals surface area contributed by atoms with E-state index in [1.807, 2.05) is 5.38 Å². The van der Waals surface area contributed by atoms with Crippen molar-refractivity contribution in [3.8, 4) is 16.8 Å². The maximum atomic E-state index is 11.5. The van der Waals surface area contributed by atoms with Gasteiger partial charge in [-0.3, -0.25) is 0 Å². The van der Waals surface area contributed by atoms with Crippen molar-refractivity contribution in [1.82, 2.24) is 25.0 Å². The summed E-state index contributed by atoms with van der Waals surface area (Å²) in [6.45, 7) is -0.492. The number of halogens is 1. The van der Waals surface area contributed by atoms with Gasteiger partial charge in [0.05, 0.1) is 12.8 Å². The van der Waals surface area contributed by atoms with Crippen LogP contribution in [-0.4, -0.2) is 72.6 Å². The maximum Gasteiger partial charge on any atom is 0.150 e. The smallest absolute Gasteiger partial charge is 0.150 e. The van der Waals surface area contributed by atoms with Crippen LogP contribution < -0.4 is 0 Å². The van der Waals surface area contributed by atoms with Gasteiger partial charge in [0.15, 0.2) is 0 Å². The normalized spacial score (nSPS) is 28.4. The summed E-state index contributed by atoms with van der Waals surface area (Å²) in [5.74, 6) is 0. The second kappa shape index (κ2) is 8.91. The van der Waals surface area contributed by atoms with Crippen LogP contribution in [0.1, 0.15) is 11.3 Å². The monoisotopic (exact) mass is 524 g/mol. The van der Waals surface area contributed by atoms with E-state index in [4.69, 9.17) is 9.47 Å². The molecule has 0 saturated carbocycles. The Hall–Kier alpha value is -1.92. The van der Waals surface area contributed by atoms with Crippen LogP contribution in [0.5, 0.6) is 0 Å². The second-order valence-corrected chi connectivity index (χ2v) is 9.04. The molecule has 10 nitrogen and oxygen atoms in total. The number of methoxy groups -OCH3 is 1. The van der Waals surface area contributed by atoms with E-state index in [1.165, 1.54) is 29.3 Å². The van der Waals surface area contributed by atoms with E-state index in [9.17, 15) is 15.5 Å². The lowest BCUT2D eigenvalue weighted by Gasteiger charge is -2.51. The van der Waals surface area contributed by atoms with Gasteiger partial charge in [0.1, 0.15) is 51.8 Å². The predicted octanol–water partition coefficient (Wildman–Crippen LogP) is 1.20. The molecule has 0 unspecified atom stereocenters. The van der Waals surface area contributed by atoms with Crippen LogP contribution in [-0.2, 0) is 15.0 Å². The van der Waals surface area contributed by atoms with Crippen LogP contribution in [0.4, 0.5) is 0 Å². The summed E-state index contributed by atoms with van der Waals surface area (Å²) >= 11 is 9.27. The summed E-state index contributed by atoms with van der Waals surface area (Å²) in [6.07, 6.45) is 1.38. The van der Waals surface area contributed by atoms with Crippen molar-refractivity contribution in [1.29, 1.82) is 5.26 Å². The number of aromatic nitrogens is 5. The summed E-state index contributed by atoms with van der Waals surface area (Å²) in [6, 6.07) is 3.72. The minimum absolute atomic E-state index is 0.0507. The van der Waals surface area contributed by atoms with Crippen molar-refractivity contribution in [2.45, 2.75) is 29.3 Å². The molecule has 31 heavy (non-hydrogen) atoms. The highest BCUT2D eigenvalue weighted by atomic mass is 79.9. The number of nitriles is 1. The van der Waals surface area contributed by atoms with Crippen LogP contribution in [0, 0.1) is 11.3 Å². The lowest BCUT2D eigenvalue weighted by molar-refractivity contribution is -0.213. The SMILES string of the molecule is CO[C@@H]1[C@H](S)O[C@@H](CO)[C@@H](O)[C@@]1(c1cc(Br)cnc1C#N)n1cc(-c2nccs2)nn1. The zero-order valence-electron chi connectivity index (χ0n) is 16.0. The molecule has 0 aliphatic carbocycles. The Morgan fingerprint density at radius 3 is 2.94 bits per heavy atom. The fraction of sp³-hybridized carbons (Fsp3) is 0.389. The Morgan fingerprint density at radius 2 is 2.29 bits per heavy atom. The average Bonchev–Trinajstić information content (AvgIpc) is 3.47. The van der Waals surface area contributed by atoms with Crippen LogP contribution >= 0.6 is 39.9 Å². The van der Waals surface area contributed by atoms with Crippen molar-refractivity contribution in [3.05, 3.63) is 45.8 Å². The zero-order chi connectivity index (χ0) is 22.2. The molecule has 1 saturated heterocycles. The van der Waals surface area contributed by atoms with Crippen molar-refractivity contribution in [3.63, 3.8) is 0 Å². The molecule has 0 amide bonds. The van der Waals surface area contributed by atoms with E-state index in [0.29, 0.717) is 20.7 Å². The largest absolute Gasteiger partial charge is 0.394 e. The van der Waals surface area contributed by atoms with Gasteiger partial charge in [0, 0.05) is 34.9 Å². The molecule has 4 heterocycles. The van der Waals surface area contributed by atoms with Crippen LogP contribution in [0.15, 0.2) is 34.5 Å². The Balaban J connectivity index is 2.04. The minimum Gasteiger partial charge on any atom is -0.394 e. The summed E-state index contributed by atoms with van der Waals surface area (Å²) < 4.78 is 13.4.